The highest BCUT2D eigenvalue weighted by molar-refractivity contribution is 5.78. The molecule has 0 aromatic carbocycles. The molecular weight excluding hydrogens is 214 g/mol. The van der Waals surface area contributed by atoms with E-state index in [1.165, 1.54) is 0 Å². The quantitative estimate of drug-likeness (QED) is 0.740. The summed E-state index contributed by atoms with van der Waals surface area (Å²) in [5, 5.41) is 3.17. The highest BCUT2D eigenvalue weighted by Gasteiger charge is 2.28. The zero-order valence-corrected chi connectivity index (χ0v) is 10.2. The van der Waals surface area contributed by atoms with Crippen molar-refractivity contribution in [2.24, 2.45) is 0 Å². The van der Waals surface area contributed by atoms with Gasteiger partial charge in [0.25, 0.3) is 0 Å². The molecule has 1 aliphatic carbocycles. The summed E-state index contributed by atoms with van der Waals surface area (Å²) in [7, 11) is 1.89. The van der Waals surface area contributed by atoms with Crippen molar-refractivity contribution in [3.05, 3.63) is 30.1 Å². The number of pyridine rings is 1. The Labute approximate surface area is 102 Å². The first kappa shape index (κ1) is 12.0. The van der Waals surface area contributed by atoms with E-state index in [9.17, 15) is 4.79 Å². The first-order valence-electron chi connectivity index (χ1n) is 6.13. The van der Waals surface area contributed by atoms with E-state index in [1.54, 1.807) is 6.20 Å². The lowest BCUT2D eigenvalue weighted by atomic mass is 10.3. The number of nitrogens with one attached hydrogen (secondary N) is 1. The van der Waals surface area contributed by atoms with Crippen molar-refractivity contribution in [3.8, 4) is 0 Å². The number of hydrogen-bond acceptors (Lipinski definition) is 3. The number of likely N-dealkylation sites (N-methyl/N-ethyl adjacent to an activating group) is 1. The van der Waals surface area contributed by atoms with Crippen LogP contribution in [0.3, 0.4) is 0 Å². The standard InChI is InChI=1S/C13H19N3O/c1-16(12-5-6-12)13(17)10-14-9-7-11-4-2-3-8-15-11/h2-4,8,12,14H,5-7,9-10H2,1H3. The molecule has 0 saturated heterocycles. The van der Waals surface area contributed by atoms with Crippen LogP contribution in [0.4, 0.5) is 0 Å². The fraction of sp³-hybridized carbons (Fsp3) is 0.538. The van der Waals surface area contributed by atoms with Crippen molar-refractivity contribution < 1.29 is 4.79 Å². The number of amides is 1. The molecule has 4 heteroatoms. The summed E-state index contributed by atoms with van der Waals surface area (Å²) >= 11 is 0. The molecule has 2 rings (SSSR count). The predicted molar refractivity (Wildman–Crippen MR) is 66.6 cm³/mol. The maximum absolute atomic E-state index is 11.7. The molecule has 0 bridgehead atoms. The molecule has 1 aliphatic rings. The first-order chi connectivity index (χ1) is 8.27. The van der Waals surface area contributed by atoms with E-state index in [1.807, 2.05) is 30.1 Å². The van der Waals surface area contributed by atoms with Gasteiger partial charge in [-0.1, -0.05) is 6.07 Å². The number of carbonyl (C=O) groups excluding carboxylic acids is 1. The summed E-state index contributed by atoms with van der Waals surface area (Å²) in [5.41, 5.74) is 1.06. The third kappa shape index (κ3) is 3.82. The van der Waals surface area contributed by atoms with Crippen molar-refractivity contribution in [2.45, 2.75) is 25.3 Å². The van der Waals surface area contributed by atoms with E-state index in [2.05, 4.69) is 10.3 Å². The molecule has 1 aromatic heterocycles. The van der Waals surface area contributed by atoms with Crippen LogP contribution in [0.2, 0.25) is 0 Å². The lowest BCUT2D eigenvalue weighted by Crippen LogP contribution is -2.37. The number of nitrogens with zero attached hydrogens (tertiary/aromatic N) is 2. The molecule has 4 nitrogen and oxygen atoms in total. The monoisotopic (exact) mass is 233 g/mol. The topological polar surface area (TPSA) is 45.2 Å². The molecular formula is C13H19N3O. The van der Waals surface area contributed by atoms with Gasteiger partial charge < -0.3 is 10.2 Å². The molecule has 17 heavy (non-hydrogen) atoms. The van der Waals surface area contributed by atoms with Crippen LogP contribution in [0.25, 0.3) is 0 Å². The van der Waals surface area contributed by atoms with E-state index < -0.39 is 0 Å². The van der Waals surface area contributed by atoms with Crippen LogP contribution in [0.5, 0.6) is 0 Å². The van der Waals surface area contributed by atoms with Crippen LogP contribution < -0.4 is 5.32 Å². The zero-order valence-electron chi connectivity index (χ0n) is 10.2. The van der Waals surface area contributed by atoms with Gasteiger partial charge in [-0.2, -0.15) is 0 Å². The largest absolute Gasteiger partial charge is 0.342 e. The smallest absolute Gasteiger partial charge is 0.236 e. The van der Waals surface area contributed by atoms with Gasteiger partial charge in [-0.3, -0.25) is 9.78 Å². The minimum Gasteiger partial charge on any atom is -0.342 e. The van der Waals surface area contributed by atoms with Gasteiger partial charge in [0.15, 0.2) is 0 Å². The van der Waals surface area contributed by atoms with Gasteiger partial charge in [0, 0.05) is 37.9 Å². The SMILES string of the molecule is CN(C(=O)CNCCc1ccccn1)C1CC1. The van der Waals surface area contributed by atoms with Gasteiger partial charge >= 0.3 is 0 Å². The summed E-state index contributed by atoms with van der Waals surface area (Å²) in [6.07, 6.45) is 4.98. The normalized spacial score (nSPS) is 14.6. The Kier molecular flexibility index (Phi) is 4.09. The maximum atomic E-state index is 11.7. The molecule has 0 atom stereocenters. The van der Waals surface area contributed by atoms with Gasteiger partial charge in [0.1, 0.15) is 0 Å². The highest BCUT2D eigenvalue weighted by atomic mass is 16.2. The predicted octanol–water partition coefficient (Wildman–Crippen LogP) is 0.834. The molecule has 1 aromatic rings. The van der Waals surface area contributed by atoms with Crippen LogP contribution >= 0.6 is 0 Å². The van der Waals surface area contributed by atoms with Crippen molar-refractivity contribution in [1.82, 2.24) is 15.2 Å². The third-order valence-corrected chi connectivity index (χ3v) is 3.05. The number of aromatic nitrogens is 1. The Morgan fingerprint density at radius 3 is 3.00 bits per heavy atom. The number of rotatable bonds is 6. The summed E-state index contributed by atoms with van der Waals surface area (Å²) in [5.74, 6) is 0.188. The second kappa shape index (κ2) is 5.77. The molecule has 92 valence electrons. The molecule has 1 N–H and O–H groups in total. The number of hydrogen-bond donors (Lipinski definition) is 1. The molecule has 0 radical (unpaired) electrons. The van der Waals surface area contributed by atoms with Crippen LogP contribution in [-0.2, 0) is 11.2 Å². The second-order valence-corrected chi connectivity index (χ2v) is 4.48. The van der Waals surface area contributed by atoms with E-state index >= 15 is 0 Å². The van der Waals surface area contributed by atoms with Crippen molar-refractivity contribution in [1.29, 1.82) is 0 Å². The Bertz CT molecular complexity index is 362. The van der Waals surface area contributed by atoms with Gasteiger partial charge in [0.05, 0.1) is 6.54 Å². The van der Waals surface area contributed by atoms with E-state index in [0.717, 1.165) is 31.5 Å². The molecule has 1 saturated carbocycles. The Balaban J connectivity index is 1.61. The fourth-order valence-corrected chi connectivity index (χ4v) is 1.75. The lowest BCUT2D eigenvalue weighted by molar-refractivity contribution is -0.129. The minimum atomic E-state index is 0.188. The zero-order chi connectivity index (χ0) is 12.1. The fourth-order valence-electron chi connectivity index (χ4n) is 1.75. The molecule has 1 heterocycles. The Morgan fingerprint density at radius 1 is 1.53 bits per heavy atom. The summed E-state index contributed by atoms with van der Waals surface area (Å²) in [4.78, 5) is 17.8. The third-order valence-electron chi connectivity index (χ3n) is 3.05. The van der Waals surface area contributed by atoms with Crippen LogP contribution in [0, 0.1) is 0 Å². The Morgan fingerprint density at radius 2 is 2.35 bits per heavy atom. The molecule has 0 spiro atoms. The average molecular weight is 233 g/mol. The van der Waals surface area contributed by atoms with Gasteiger partial charge in [-0.05, 0) is 25.0 Å². The van der Waals surface area contributed by atoms with E-state index in [4.69, 9.17) is 0 Å². The molecule has 1 fully saturated rings. The molecule has 1 amide bonds. The van der Waals surface area contributed by atoms with Gasteiger partial charge in [-0.15, -0.1) is 0 Å². The highest BCUT2D eigenvalue weighted by Crippen LogP contribution is 2.24. The summed E-state index contributed by atoms with van der Waals surface area (Å²) in [6, 6.07) is 6.39. The second-order valence-electron chi connectivity index (χ2n) is 4.48. The van der Waals surface area contributed by atoms with Crippen LogP contribution in [0.15, 0.2) is 24.4 Å². The van der Waals surface area contributed by atoms with E-state index in [0.29, 0.717) is 12.6 Å². The van der Waals surface area contributed by atoms with E-state index in [-0.39, 0.29) is 5.91 Å². The van der Waals surface area contributed by atoms with Gasteiger partial charge in [-0.25, -0.2) is 0 Å². The molecule has 0 aliphatic heterocycles. The summed E-state index contributed by atoms with van der Waals surface area (Å²) < 4.78 is 0. The van der Waals surface area contributed by atoms with Crippen LogP contribution in [0.1, 0.15) is 18.5 Å². The maximum Gasteiger partial charge on any atom is 0.236 e. The van der Waals surface area contributed by atoms with Crippen LogP contribution in [-0.4, -0.2) is 42.0 Å². The first-order valence-corrected chi connectivity index (χ1v) is 6.13. The Hall–Kier alpha value is -1.42. The molecule has 0 unspecified atom stereocenters. The minimum absolute atomic E-state index is 0.188. The average Bonchev–Trinajstić information content (AvgIpc) is 3.19. The van der Waals surface area contributed by atoms with Gasteiger partial charge in [0.2, 0.25) is 5.91 Å². The lowest BCUT2D eigenvalue weighted by Gasteiger charge is -2.16. The van der Waals surface area contributed by atoms with Crippen molar-refractivity contribution in [3.63, 3.8) is 0 Å². The van der Waals surface area contributed by atoms with Crippen molar-refractivity contribution >= 4 is 5.91 Å². The summed E-state index contributed by atoms with van der Waals surface area (Å²) in [6.45, 7) is 1.22. The van der Waals surface area contributed by atoms with Crippen molar-refractivity contribution in [2.75, 3.05) is 20.1 Å². The number of carbonyl (C=O) groups is 1.